The van der Waals surface area contributed by atoms with E-state index in [-0.39, 0.29) is 0 Å². The van der Waals surface area contributed by atoms with E-state index in [2.05, 4.69) is 27.3 Å². The molecule has 5 nitrogen and oxygen atoms in total. The van der Waals surface area contributed by atoms with Gasteiger partial charge in [0.15, 0.2) is 5.82 Å². The average Bonchev–Trinajstić information content (AvgIpc) is 3.11. The van der Waals surface area contributed by atoms with E-state index in [0.717, 1.165) is 65.0 Å². The second-order valence-electron chi connectivity index (χ2n) is 7.07. The Kier molecular flexibility index (Phi) is 6.68. The molecular weight excluding hydrogens is 437 g/mol. The van der Waals surface area contributed by atoms with Crippen LogP contribution in [0.25, 0.3) is 21.9 Å². The molecule has 30 heavy (non-hydrogen) atoms. The number of benzene rings is 2. The summed E-state index contributed by atoms with van der Waals surface area (Å²) in [5.74, 6) is 1.54. The first-order chi connectivity index (χ1) is 14.6. The lowest BCUT2D eigenvalue weighted by Gasteiger charge is -2.11. The molecule has 2 heterocycles. The van der Waals surface area contributed by atoms with E-state index in [1.807, 2.05) is 36.4 Å². The predicted molar refractivity (Wildman–Crippen MR) is 128 cm³/mol. The summed E-state index contributed by atoms with van der Waals surface area (Å²) in [6.45, 7) is 3.72. The molecule has 4 aromatic rings. The number of aryl methyl sites for hydroxylation is 1. The van der Waals surface area contributed by atoms with Gasteiger partial charge < -0.3 is 10.3 Å². The molecule has 0 spiro atoms. The fourth-order valence-corrected chi connectivity index (χ4v) is 4.54. The van der Waals surface area contributed by atoms with Crippen molar-refractivity contribution in [3.63, 3.8) is 0 Å². The molecule has 0 aliphatic rings. The van der Waals surface area contributed by atoms with Gasteiger partial charge in [-0.05, 0) is 42.6 Å². The number of nitrogens with one attached hydrogen (secondary N) is 1. The van der Waals surface area contributed by atoms with Crippen molar-refractivity contribution in [2.24, 2.45) is 0 Å². The van der Waals surface area contributed by atoms with Crippen molar-refractivity contribution in [3.8, 4) is 0 Å². The third kappa shape index (κ3) is 4.37. The number of imidazole rings is 1. The Bertz CT molecular complexity index is 1190. The molecule has 0 saturated carbocycles. The standard InChI is InChI=1S/C22H23Cl2N5S/c1-2-3-8-19-28-20-21(15-6-4-5-7-18(15)27-22(20)25)29(19)12-11-26-30-14-9-10-16(23)17(24)13-14/h4-7,9-10,13,26H,2-3,8,11-12H2,1H3,(H2,25,27). The van der Waals surface area contributed by atoms with E-state index in [9.17, 15) is 0 Å². The number of nitrogens with zero attached hydrogens (tertiary/aromatic N) is 3. The molecule has 0 radical (unpaired) electrons. The van der Waals surface area contributed by atoms with Gasteiger partial charge in [-0.15, -0.1) is 0 Å². The molecule has 8 heteroatoms. The summed E-state index contributed by atoms with van der Waals surface area (Å²) in [6, 6.07) is 13.7. The third-order valence-electron chi connectivity index (χ3n) is 4.96. The van der Waals surface area contributed by atoms with Crippen LogP contribution < -0.4 is 10.5 Å². The molecule has 0 amide bonds. The summed E-state index contributed by atoms with van der Waals surface area (Å²) in [6.07, 6.45) is 3.11. The van der Waals surface area contributed by atoms with Gasteiger partial charge >= 0.3 is 0 Å². The topological polar surface area (TPSA) is 68.8 Å². The Morgan fingerprint density at radius 1 is 1.10 bits per heavy atom. The first kappa shape index (κ1) is 21.2. The predicted octanol–water partition coefficient (Wildman–Crippen LogP) is 6.11. The van der Waals surface area contributed by atoms with E-state index in [0.29, 0.717) is 15.9 Å². The smallest absolute Gasteiger partial charge is 0.152 e. The van der Waals surface area contributed by atoms with Crippen molar-refractivity contribution in [3.05, 3.63) is 58.3 Å². The van der Waals surface area contributed by atoms with Gasteiger partial charge in [0.2, 0.25) is 0 Å². The van der Waals surface area contributed by atoms with Gasteiger partial charge in [0, 0.05) is 29.8 Å². The molecule has 0 atom stereocenters. The quantitative estimate of drug-likeness (QED) is 0.245. The minimum Gasteiger partial charge on any atom is -0.382 e. The van der Waals surface area contributed by atoms with E-state index in [1.165, 1.54) is 11.9 Å². The Morgan fingerprint density at radius 3 is 2.73 bits per heavy atom. The highest BCUT2D eigenvalue weighted by Crippen LogP contribution is 2.30. The van der Waals surface area contributed by atoms with Gasteiger partial charge in [-0.1, -0.05) is 54.7 Å². The Balaban J connectivity index is 1.61. The zero-order chi connectivity index (χ0) is 21.1. The number of nitrogens with two attached hydrogens (primary N) is 1. The third-order valence-corrected chi connectivity index (χ3v) is 6.54. The summed E-state index contributed by atoms with van der Waals surface area (Å²) in [4.78, 5) is 10.4. The van der Waals surface area contributed by atoms with Gasteiger partial charge in [-0.2, -0.15) is 0 Å². The molecule has 3 N–H and O–H groups in total. The fraction of sp³-hybridized carbons (Fsp3) is 0.273. The lowest BCUT2D eigenvalue weighted by molar-refractivity contribution is 0.641. The van der Waals surface area contributed by atoms with Gasteiger partial charge in [0.25, 0.3) is 0 Å². The van der Waals surface area contributed by atoms with Crippen molar-refractivity contribution < 1.29 is 0 Å². The molecule has 0 bridgehead atoms. The van der Waals surface area contributed by atoms with Crippen molar-refractivity contribution in [2.75, 3.05) is 12.3 Å². The summed E-state index contributed by atoms with van der Waals surface area (Å²) in [5.41, 5.74) is 9.00. The van der Waals surface area contributed by atoms with Crippen LogP contribution in [0.5, 0.6) is 0 Å². The van der Waals surface area contributed by atoms with Crippen molar-refractivity contribution in [1.29, 1.82) is 0 Å². The lowest BCUT2D eigenvalue weighted by Crippen LogP contribution is -2.15. The van der Waals surface area contributed by atoms with Gasteiger partial charge in [-0.3, -0.25) is 4.72 Å². The number of hydrogen-bond acceptors (Lipinski definition) is 5. The Hall–Kier alpha value is -1.99. The Morgan fingerprint density at radius 2 is 1.93 bits per heavy atom. The normalized spacial score (nSPS) is 11.6. The molecular formula is C22H23Cl2N5S. The van der Waals surface area contributed by atoms with Crippen LogP contribution in [0, 0.1) is 0 Å². The lowest BCUT2D eigenvalue weighted by atomic mass is 10.2. The number of nitrogen functional groups attached to an aromatic ring is 1. The number of rotatable bonds is 8. The van der Waals surface area contributed by atoms with Crippen LogP contribution in [0.15, 0.2) is 47.4 Å². The van der Waals surface area contributed by atoms with Gasteiger partial charge in [0.05, 0.1) is 21.1 Å². The van der Waals surface area contributed by atoms with Crippen LogP contribution in [0.2, 0.25) is 10.0 Å². The van der Waals surface area contributed by atoms with Crippen LogP contribution in [-0.4, -0.2) is 21.1 Å². The van der Waals surface area contributed by atoms with Crippen LogP contribution in [-0.2, 0) is 13.0 Å². The molecule has 0 saturated heterocycles. The minimum absolute atomic E-state index is 0.485. The molecule has 0 aliphatic carbocycles. The summed E-state index contributed by atoms with van der Waals surface area (Å²) in [5, 5.41) is 2.19. The van der Waals surface area contributed by atoms with Crippen LogP contribution in [0.3, 0.4) is 0 Å². The first-order valence-electron chi connectivity index (χ1n) is 9.96. The number of anilines is 1. The maximum absolute atomic E-state index is 6.26. The minimum atomic E-state index is 0.485. The molecule has 156 valence electrons. The Labute approximate surface area is 190 Å². The largest absolute Gasteiger partial charge is 0.382 e. The second kappa shape index (κ2) is 9.43. The monoisotopic (exact) mass is 459 g/mol. The van der Waals surface area contributed by atoms with Crippen LogP contribution in [0.1, 0.15) is 25.6 Å². The summed E-state index contributed by atoms with van der Waals surface area (Å²) in [7, 11) is 0. The molecule has 0 unspecified atom stereocenters. The highest BCUT2D eigenvalue weighted by atomic mass is 35.5. The van der Waals surface area contributed by atoms with Gasteiger partial charge in [-0.25, -0.2) is 9.97 Å². The number of fused-ring (bicyclic) bond motifs is 3. The fourth-order valence-electron chi connectivity index (χ4n) is 3.50. The zero-order valence-electron chi connectivity index (χ0n) is 16.7. The van der Waals surface area contributed by atoms with E-state index >= 15 is 0 Å². The maximum atomic E-state index is 6.26. The van der Waals surface area contributed by atoms with Crippen LogP contribution >= 0.6 is 35.1 Å². The summed E-state index contributed by atoms with van der Waals surface area (Å²) >= 11 is 13.6. The van der Waals surface area contributed by atoms with E-state index in [1.54, 1.807) is 0 Å². The molecule has 0 fully saturated rings. The average molecular weight is 460 g/mol. The van der Waals surface area contributed by atoms with Crippen molar-refractivity contribution in [1.82, 2.24) is 19.3 Å². The SMILES string of the molecule is CCCCc1nc2c(N)nc3ccccc3c2n1CCNSc1ccc(Cl)c(Cl)c1. The number of hydrogen-bond donors (Lipinski definition) is 2. The number of aromatic nitrogens is 3. The van der Waals surface area contributed by atoms with Crippen molar-refractivity contribution >= 4 is 62.9 Å². The molecule has 0 aliphatic heterocycles. The highest BCUT2D eigenvalue weighted by molar-refractivity contribution is 7.97. The van der Waals surface area contributed by atoms with Crippen molar-refractivity contribution in [2.45, 2.75) is 37.6 Å². The molecule has 2 aromatic heterocycles. The number of pyridine rings is 1. The summed E-state index contributed by atoms with van der Waals surface area (Å²) < 4.78 is 5.70. The molecule has 2 aromatic carbocycles. The number of halogens is 2. The zero-order valence-corrected chi connectivity index (χ0v) is 19.0. The first-order valence-corrected chi connectivity index (χ1v) is 11.5. The van der Waals surface area contributed by atoms with E-state index in [4.69, 9.17) is 33.9 Å². The maximum Gasteiger partial charge on any atom is 0.152 e. The number of unbranched alkanes of at least 4 members (excludes halogenated alkanes) is 1. The second-order valence-corrected chi connectivity index (χ2v) is 8.85. The van der Waals surface area contributed by atoms with Gasteiger partial charge in [0.1, 0.15) is 11.3 Å². The number of para-hydroxylation sites is 1. The van der Waals surface area contributed by atoms with E-state index < -0.39 is 0 Å². The molecule has 4 rings (SSSR count). The highest BCUT2D eigenvalue weighted by Gasteiger charge is 2.16. The van der Waals surface area contributed by atoms with Crippen LogP contribution in [0.4, 0.5) is 5.82 Å².